The van der Waals surface area contributed by atoms with E-state index in [1.807, 2.05) is 18.2 Å². The monoisotopic (exact) mass is 279 g/mol. The van der Waals surface area contributed by atoms with Gasteiger partial charge in [0.05, 0.1) is 20.3 Å². The van der Waals surface area contributed by atoms with Gasteiger partial charge in [-0.15, -0.1) is 0 Å². The minimum Gasteiger partial charge on any atom is -0.497 e. The summed E-state index contributed by atoms with van der Waals surface area (Å²) in [6.45, 7) is 2.80. The molecule has 1 saturated heterocycles. The van der Waals surface area contributed by atoms with E-state index in [9.17, 15) is 5.11 Å². The number of hydrogen-bond donors (Lipinski definition) is 1. The molecule has 1 aliphatic heterocycles. The van der Waals surface area contributed by atoms with Gasteiger partial charge in [-0.2, -0.15) is 0 Å². The standard InChI is InChI=1S/C16H25NO3/c1-19-13-7-8-16(20-2)14(11-13)15(18)12-17-9-5-3-4-6-10-17/h7-8,11,15,18H,3-6,9-10,12H2,1-2H3. The Morgan fingerprint density at radius 1 is 1.10 bits per heavy atom. The second kappa shape index (κ2) is 7.50. The van der Waals surface area contributed by atoms with Crippen LogP contribution in [0.2, 0.25) is 0 Å². The number of likely N-dealkylation sites (tertiary alicyclic amines) is 1. The molecule has 4 nitrogen and oxygen atoms in total. The predicted molar refractivity (Wildman–Crippen MR) is 79.4 cm³/mol. The van der Waals surface area contributed by atoms with Crippen molar-refractivity contribution < 1.29 is 14.6 Å². The average Bonchev–Trinajstić information content (AvgIpc) is 2.75. The second-order valence-electron chi connectivity index (χ2n) is 5.34. The van der Waals surface area contributed by atoms with Gasteiger partial charge in [0, 0.05) is 12.1 Å². The summed E-state index contributed by atoms with van der Waals surface area (Å²) in [5, 5.41) is 10.5. The first-order valence-electron chi connectivity index (χ1n) is 7.37. The van der Waals surface area contributed by atoms with E-state index in [1.54, 1.807) is 14.2 Å². The molecule has 1 aromatic rings. The van der Waals surface area contributed by atoms with Gasteiger partial charge < -0.3 is 19.5 Å². The number of methoxy groups -OCH3 is 2. The van der Waals surface area contributed by atoms with Gasteiger partial charge >= 0.3 is 0 Å². The molecule has 0 spiro atoms. The zero-order valence-electron chi connectivity index (χ0n) is 12.5. The van der Waals surface area contributed by atoms with Gasteiger partial charge in [0.1, 0.15) is 11.5 Å². The van der Waals surface area contributed by atoms with Gasteiger partial charge in [-0.25, -0.2) is 0 Å². The van der Waals surface area contributed by atoms with E-state index in [0.29, 0.717) is 12.3 Å². The number of hydrogen-bond acceptors (Lipinski definition) is 4. The highest BCUT2D eigenvalue weighted by molar-refractivity contribution is 5.41. The summed E-state index contributed by atoms with van der Waals surface area (Å²) in [6, 6.07) is 5.56. The maximum Gasteiger partial charge on any atom is 0.124 e. The third-order valence-corrected chi connectivity index (χ3v) is 3.93. The molecule has 112 valence electrons. The third kappa shape index (κ3) is 3.87. The van der Waals surface area contributed by atoms with E-state index in [-0.39, 0.29) is 0 Å². The maximum absolute atomic E-state index is 10.5. The van der Waals surface area contributed by atoms with Crippen molar-refractivity contribution in [1.29, 1.82) is 0 Å². The minimum atomic E-state index is -0.543. The number of rotatable bonds is 5. The molecule has 20 heavy (non-hydrogen) atoms. The summed E-state index contributed by atoms with van der Waals surface area (Å²) in [5.74, 6) is 1.46. The maximum atomic E-state index is 10.5. The number of aliphatic hydroxyl groups is 1. The van der Waals surface area contributed by atoms with Crippen molar-refractivity contribution in [3.05, 3.63) is 23.8 Å². The fourth-order valence-electron chi connectivity index (χ4n) is 2.76. The van der Waals surface area contributed by atoms with Crippen LogP contribution in [0.25, 0.3) is 0 Å². The number of ether oxygens (including phenoxy) is 2. The van der Waals surface area contributed by atoms with E-state index in [4.69, 9.17) is 9.47 Å². The zero-order chi connectivity index (χ0) is 14.4. The summed E-state index contributed by atoms with van der Waals surface area (Å²) in [4.78, 5) is 2.34. The molecule has 0 bridgehead atoms. The highest BCUT2D eigenvalue weighted by Gasteiger charge is 2.19. The quantitative estimate of drug-likeness (QED) is 0.899. The Bertz CT molecular complexity index is 414. The van der Waals surface area contributed by atoms with Crippen molar-refractivity contribution in [2.75, 3.05) is 33.9 Å². The van der Waals surface area contributed by atoms with Crippen LogP contribution in [0, 0.1) is 0 Å². The van der Waals surface area contributed by atoms with Crippen molar-refractivity contribution in [2.45, 2.75) is 31.8 Å². The Morgan fingerprint density at radius 3 is 2.40 bits per heavy atom. The molecule has 0 amide bonds. The largest absolute Gasteiger partial charge is 0.497 e. The number of nitrogens with zero attached hydrogens (tertiary/aromatic N) is 1. The van der Waals surface area contributed by atoms with Crippen molar-refractivity contribution in [2.24, 2.45) is 0 Å². The lowest BCUT2D eigenvalue weighted by atomic mass is 10.1. The van der Waals surface area contributed by atoms with Gasteiger partial charge in [-0.3, -0.25) is 0 Å². The fourth-order valence-corrected chi connectivity index (χ4v) is 2.76. The molecule has 4 heteroatoms. The van der Waals surface area contributed by atoms with Crippen LogP contribution < -0.4 is 9.47 Å². The average molecular weight is 279 g/mol. The Hall–Kier alpha value is -1.26. The summed E-state index contributed by atoms with van der Waals surface area (Å²) in [7, 11) is 3.26. The molecule has 0 aliphatic carbocycles. The van der Waals surface area contributed by atoms with E-state index >= 15 is 0 Å². The highest BCUT2D eigenvalue weighted by Crippen LogP contribution is 2.30. The second-order valence-corrected chi connectivity index (χ2v) is 5.34. The van der Waals surface area contributed by atoms with Gasteiger partial charge in [0.2, 0.25) is 0 Å². The topological polar surface area (TPSA) is 41.9 Å². The van der Waals surface area contributed by atoms with E-state index in [2.05, 4.69) is 4.90 Å². The smallest absolute Gasteiger partial charge is 0.124 e. The van der Waals surface area contributed by atoms with Gasteiger partial charge in [-0.1, -0.05) is 12.8 Å². The number of aliphatic hydroxyl groups excluding tert-OH is 1. The van der Waals surface area contributed by atoms with Gasteiger partial charge in [0.25, 0.3) is 0 Å². The Morgan fingerprint density at radius 2 is 1.80 bits per heavy atom. The number of β-amino-alcohol motifs (C(OH)–C–C–N with tert-alkyl or cyclic N) is 1. The van der Waals surface area contributed by atoms with Crippen molar-refractivity contribution >= 4 is 0 Å². The van der Waals surface area contributed by atoms with Crippen LogP contribution in [0.4, 0.5) is 0 Å². The molecule has 0 saturated carbocycles. The Labute approximate surface area is 121 Å². The first-order chi connectivity index (χ1) is 9.74. The third-order valence-electron chi connectivity index (χ3n) is 3.93. The molecule has 1 atom stereocenters. The lowest BCUT2D eigenvalue weighted by molar-refractivity contribution is 0.112. The minimum absolute atomic E-state index is 0.543. The zero-order valence-corrected chi connectivity index (χ0v) is 12.5. The van der Waals surface area contributed by atoms with Crippen LogP contribution >= 0.6 is 0 Å². The molecule has 1 aliphatic rings. The molecule has 1 unspecified atom stereocenters. The summed E-state index contributed by atoms with van der Waals surface area (Å²) in [5.41, 5.74) is 0.802. The predicted octanol–water partition coefficient (Wildman–Crippen LogP) is 2.61. The summed E-state index contributed by atoms with van der Waals surface area (Å²) >= 11 is 0. The molecular formula is C16H25NO3. The highest BCUT2D eigenvalue weighted by atomic mass is 16.5. The normalized spacial score (nSPS) is 18.4. The molecule has 2 rings (SSSR count). The van der Waals surface area contributed by atoms with Crippen LogP contribution in [-0.2, 0) is 0 Å². The first kappa shape index (κ1) is 15.1. The lowest BCUT2D eigenvalue weighted by Crippen LogP contribution is -2.29. The van der Waals surface area contributed by atoms with E-state index in [0.717, 1.165) is 24.4 Å². The molecule has 1 aromatic carbocycles. The fraction of sp³-hybridized carbons (Fsp3) is 0.625. The van der Waals surface area contributed by atoms with Crippen LogP contribution in [-0.4, -0.2) is 43.9 Å². The van der Waals surface area contributed by atoms with Crippen molar-refractivity contribution in [3.63, 3.8) is 0 Å². The Balaban J connectivity index is 2.08. The molecule has 1 N–H and O–H groups in total. The lowest BCUT2D eigenvalue weighted by Gasteiger charge is -2.24. The number of benzene rings is 1. The summed E-state index contributed by atoms with van der Waals surface area (Å²) < 4.78 is 10.6. The van der Waals surface area contributed by atoms with Gasteiger partial charge in [0.15, 0.2) is 0 Å². The SMILES string of the molecule is COc1ccc(OC)c(C(O)CN2CCCCCC2)c1. The van der Waals surface area contributed by atoms with E-state index < -0.39 is 6.10 Å². The molecule has 0 aromatic heterocycles. The van der Waals surface area contributed by atoms with Crippen molar-refractivity contribution in [1.82, 2.24) is 4.90 Å². The molecule has 0 radical (unpaired) electrons. The van der Waals surface area contributed by atoms with Crippen LogP contribution in [0.3, 0.4) is 0 Å². The van der Waals surface area contributed by atoms with Crippen LogP contribution in [0.1, 0.15) is 37.4 Å². The van der Waals surface area contributed by atoms with Crippen LogP contribution in [0.5, 0.6) is 11.5 Å². The first-order valence-corrected chi connectivity index (χ1v) is 7.37. The van der Waals surface area contributed by atoms with Crippen molar-refractivity contribution in [3.8, 4) is 11.5 Å². The van der Waals surface area contributed by atoms with E-state index in [1.165, 1.54) is 25.7 Å². The molecular weight excluding hydrogens is 254 g/mol. The summed E-state index contributed by atoms with van der Waals surface area (Å²) in [6.07, 6.45) is 4.51. The van der Waals surface area contributed by atoms with Crippen LogP contribution in [0.15, 0.2) is 18.2 Å². The van der Waals surface area contributed by atoms with Gasteiger partial charge in [-0.05, 0) is 44.1 Å². The molecule has 1 fully saturated rings. The molecule has 1 heterocycles. The Kier molecular flexibility index (Phi) is 5.68.